The summed E-state index contributed by atoms with van der Waals surface area (Å²) < 4.78 is 0. The molecule has 5 nitrogen and oxygen atoms in total. The summed E-state index contributed by atoms with van der Waals surface area (Å²) >= 11 is 0. The van der Waals surface area contributed by atoms with Gasteiger partial charge >= 0.3 is 6.03 Å². The van der Waals surface area contributed by atoms with Gasteiger partial charge in [-0.2, -0.15) is 5.26 Å². The zero-order valence-electron chi connectivity index (χ0n) is 16.9. The fourth-order valence-electron chi connectivity index (χ4n) is 4.97. The highest BCUT2D eigenvalue weighted by Crippen LogP contribution is 2.23. The molecule has 0 saturated carbocycles. The molecule has 2 saturated heterocycles. The van der Waals surface area contributed by atoms with Crippen LogP contribution in [0, 0.1) is 18.3 Å². The van der Waals surface area contributed by atoms with E-state index < -0.39 is 0 Å². The minimum absolute atomic E-state index is 0.153. The average molecular weight is 390 g/mol. The van der Waals surface area contributed by atoms with Gasteiger partial charge in [0.15, 0.2) is 0 Å². The van der Waals surface area contributed by atoms with Crippen LogP contribution in [-0.4, -0.2) is 24.2 Å². The second kappa shape index (κ2) is 8.67. The van der Waals surface area contributed by atoms with Crippen molar-refractivity contribution in [2.45, 2.75) is 63.7 Å². The minimum Gasteiger partial charge on any atom is -0.335 e. The highest BCUT2D eigenvalue weighted by atomic mass is 16.2. The van der Waals surface area contributed by atoms with Crippen LogP contribution in [0.5, 0.6) is 0 Å². The van der Waals surface area contributed by atoms with Crippen molar-refractivity contribution in [3.8, 4) is 6.07 Å². The van der Waals surface area contributed by atoms with E-state index in [9.17, 15) is 4.79 Å². The van der Waals surface area contributed by atoms with Gasteiger partial charge in [0, 0.05) is 30.1 Å². The maximum absolute atomic E-state index is 12.5. The summed E-state index contributed by atoms with van der Waals surface area (Å²) in [5.74, 6) is 0. The molecule has 2 fully saturated rings. The lowest BCUT2D eigenvalue weighted by Gasteiger charge is -2.46. The van der Waals surface area contributed by atoms with E-state index in [0.717, 1.165) is 19.4 Å². The molecular weight excluding hydrogens is 360 g/mol. The Bertz CT molecular complexity index is 871. The van der Waals surface area contributed by atoms with Crippen molar-refractivity contribution in [1.29, 1.82) is 5.26 Å². The Morgan fingerprint density at radius 3 is 2.34 bits per heavy atom. The molecule has 2 aliphatic rings. The highest BCUT2D eigenvalue weighted by molar-refractivity contribution is 5.89. The van der Waals surface area contributed by atoms with Crippen LogP contribution in [0.25, 0.3) is 0 Å². The first kappa shape index (κ1) is 19.5. The average Bonchev–Trinajstić information content (AvgIpc) is 2.71. The van der Waals surface area contributed by atoms with Gasteiger partial charge in [0.05, 0.1) is 23.7 Å². The van der Waals surface area contributed by atoms with Gasteiger partial charge in [0.2, 0.25) is 0 Å². The molecule has 2 bridgehead atoms. The van der Waals surface area contributed by atoms with Crippen LogP contribution in [0.2, 0.25) is 0 Å². The monoisotopic (exact) mass is 389 g/mol. The molecule has 2 aromatic rings. The number of fused-ring (bicyclic) bond motifs is 2. The molecule has 2 unspecified atom stereocenters. The number of carbonyl (C=O) groups excluding carboxylic acids is 1. The number of benzene rings is 2. The van der Waals surface area contributed by atoms with Crippen molar-refractivity contribution < 1.29 is 9.69 Å². The lowest BCUT2D eigenvalue weighted by molar-refractivity contribution is -0.973. The topological polar surface area (TPSA) is 69.4 Å². The molecule has 0 aliphatic carbocycles. The van der Waals surface area contributed by atoms with Gasteiger partial charge < -0.3 is 15.5 Å². The lowest BCUT2D eigenvalue weighted by atomic mass is 9.81. The number of anilines is 1. The third-order valence-electron chi connectivity index (χ3n) is 6.43. The van der Waals surface area contributed by atoms with E-state index in [2.05, 4.69) is 47.9 Å². The Labute approximate surface area is 172 Å². The van der Waals surface area contributed by atoms with Crippen molar-refractivity contribution in [3.63, 3.8) is 0 Å². The van der Waals surface area contributed by atoms with Crippen molar-refractivity contribution in [2.75, 3.05) is 5.32 Å². The van der Waals surface area contributed by atoms with E-state index in [4.69, 9.17) is 5.26 Å². The van der Waals surface area contributed by atoms with Crippen LogP contribution in [0.4, 0.5) is 10.5 Å². The highest BCUT2D eigenvalue weighted by Gasteiger charge is 2.42. The summed E-state index contributed by atoms with van der Waals surface area (Å²) in [4.78, 5) is 14.2. The summed E-state index contributed by atoms with van der Waals surface area (Å²) in [6, 6.07) is 19.3. The quantitative estimate of drug-likeness (QED) is 0.752. The molecule has 4 atom stereocenters. The van der Waals surface area contributed by atoms with Gasteiger partial charge in [-0.1, -0.05) is 29.8 Å². The van der Waals surface area contributed by atoms with Gasteiger partial charge in [-0.25, -0.2) is 4.79 Å². The third-order valence-corrected chi connectivity index (χ3v) is 6.43. The van der Waals surface area contributed by atoms with E-state index in [1.54, 1.807) is 29.2 Å². The molecule has 0 spiro atoms. The van der Waals surface area contributed by atoms with E-state index in [-0.39, 0.29) is 12.1 Å². The molecule has 2 amide bonds. The first-order chi connectivity index (χ1) is 14.1. The predicted octanol–water partition coefficient (Wildman–Crippen LogP) is 3.16. The van der Waals surface area contributed by atoms with Crippen LogP contribution < -0.4 is 15.5 Å². The Balaban J connectivity index is 1.34. The normalized spacial score (nSPS) is 25.7. The summed E-state index contributed by atoms with van der Waals surface area (Å²) in [7, 11) is 0. The number of quaternary nitrogens is 1. The molecular formula is C24H29N4O+. The summed E-state index contributed by atoms with van der Waals surface area (Å²) in [6.45, 7) is 3.21. The number of amides is 2. The SMILES string of the molecule is Cc1ccc(C[NH+]2[C@@H]3CCC[C@H]2CC(NC(=O)Nc2ccc(C#N)cc2)C3)cc1. The number of hydrogen-bond donors (Lipinski definition) is 3. The Morgan fingerprint density at radius 2 is 1.72 bits per heavy atom. The Morgan fingerprint density at radius 1 is 1.07 bits per heavy atom. The molecule has 0 radical (unpaired) electrons. The number of carbonyl (C=O) groups is 1. The third kappa shape index (κ3) is 4.78. The van der Waals surface area contributed by atoms with E-state index in [1.807, 2.05) is 0 Å². The largest absolute Gasteiger partial charge is 0.335 e. The molecule has 2 aliphatic heterocycles. The summed E-state index contributed by atoms with van der Waals surface area (Å²) in [5, 5.41) is 15.0. The number of piperidine rings is 2. The second-order valence-electron chi connectivity index (χ2n) is 8.52. The number of urea groups is 1. The molecule has 29 heavy (non-hydrogen) atoms. The van der Waals surface area contributed by atoms with Crippen molar-refractivity contribution in [1.82, 2.24) is 5.32 Å². The predicted molar refractivity (Wildman–Crippen MR) is 114 cm³/mol. The first-order valence-electron chi connectivity index (χ1n) is 10.6. The summed E-state index contributed by atoms with van der Waals surface area (Å²) in [6.07, 6.45) is 5.87. The standard InChI is InChI=1S/C24H28N4O/c1-17-5-7-19(8-6-17)16-28-22-3-2-4-23(28)14-21(13-22)27-24(29)26-20-11-9-18(15-25)10-12-20/h5-12,21-23H,2-4,13-14,16H2,1H3,(H2,26,27,29)/p+1/t21?,22-,23+. The molecule has 4 rings (SSSR count). The van der Waals surface area contributed by atoms with Crippen LogP contribution in [0.1, 0.15) is 48.8 Å². The molecule has 150 valence electrons. The second-order valence-corrected chi connectivity index (χ2v) is 8.52. The van der Waals surface area contributed by atoms with Crippen molar-refractivity contribution in [3.05, 3.63) is 65.2 Å². The first-order valence-corrected chi connectivity index (χ1v) is 10.6. The maximum Gasteiger partial charge on any atom is 0.319 e. The smallest absolute Gasteiger partial charge is 0.319 e. The van der Waals surface area contributed by atoms with Gasteiger partial charge in [0.1, 0.15) is 6.54 Å². The Hall–Kier alpha value is -2.84. The lowest BCUT2D eigenvalue weighted by Crippen LogP contribution is -3.20. The van der Waals surface area contributed by atoms with Gasteiger partial charge in [-0.15, -0.1) is 0 Å². The number of nitrogens with zero attached hydrogens (tertiary/aromatic N) is 1. The number of nitrogens with one attached hydrogen (secondary N) is 3. The maximum atomic E-state index is 12.5. The van der Waals surface area contributed by atoms with E-state index in [1.165, 1.54) is 30.4 Å². The number of hydrogen-bond acceptors (Lipinski definition) is 2. The number of nitriles is 1. The fraction of sp³-hybridized carbons (Fsp3) is 0.417. The zero-order valence-corrected chi connectivity index (χ0v) is 16.9. The van der Waals surface area contributed by atoms with Gasteiger partial charge in [-0.3, -0.25) is 0 Å². The molecule has 0 aromatic heterocycles. The van der Waals surface area contributed by atoms with Crippen molar-refractivity contribution in [2.24, 2.45) is 0 Å². The van der Waals surface area contributed by atoms with Gasteiger partial charge in [-0.05, 0) is 50.5 Å². The fourth-order valence-corrected chi connectivity index (χ4v) is 4.97. The molecule has 5 heteroatoms. The molecule has 3 N–H and O–H groups in total. The van der Waals surface area contributed by atoms with E-state index >= 15 is 0 Å². The van der Waals surface area contributed by atoms with E-state index in [0.29, 0.717) is 23.3 Å². The molecule has 2 aromatic carbocycles. The van der Waals surface area contributed by atoms with Crippen LogP contribution in [0.15, 0.2) is 48.5 Å². The number of rotatable bonds is 4. The van der Waals surface area contributed by atoms with Gasteiger partial charge in [0.25, 0.3) is 0 Å². The zero-order chi connectivity index (χ0) is 20.2. The van der Waals surface area contributed by atoms with Crippen molar-refractivity contribution >= 4 is 11.7 Å². The van der Waals surface area contributed by atoms with Crippen LogP contribution >= 0.6 is 0 Å². The van der Waals surface area contributed by atoms with Crippen LogP contribution in [-0.2, 0) is 6.54 Å². The molecule has 2 heterocycles. The van der Waals surface area contributed by atoms with Crippen LogP contribution in [0.3, 0.4) is 0 Å². The minimum atomic E-state index is -0.153. The Kier molecular flexibility index (Phi) is 5.82. The number of aryl methyl sites for hydroxylation is 1. The summed E-state index contributed by atoms with van der Waals surface area (Å²) in [5.41, 5.74) is 4.02.